The van der Waals surface area contributed by atoms with E-state index in [0.29, 0.717) is 5.92 Å². The molecule has 0 spiro atoms. The third kappa shape index (κ3) is 2.81. The number of hydrogen-bond donors (Lipinski definition) is 0. The van der Waals surface area contributed by atoms with Crippen molar-refractivity contribution in [2.45, 2.75) is 19.8 Å². The molecule has 50 valence electrons. The molecule has 0 aromatic rings. The third-order valence-electron chi connectivity index (χ3n) is 1.31. The number of thioether (sulfide) groups is 1. The van der Waals surface area contributed by atoms with Gasteiger partial charge in [0.2, 0.25) is 0 Å². The van der Waals surface area contributed by atoms with Gasteiger partial charge >= 0.3 is 0 Å². The standard InChI is InChI=1S/C8H12S/c1-8-5-3-2-4-6-9-7-8/h8H,2,4,6-7H2,1H3. The van der Waals surface area contributed by atoms with Crippen molar-refractivity contribution < 1.29 is 0 Å². The van der Waals surface area contributed by atoms with E-state index in [0.717, 1.165) is 6.42 Å². The molecule has 9 heavy (non-hydrogen) atoms. The summed E-state index contributed by atoms with van der Waals surface area (Å²) in [4.78, 5) is 0. The summed E-state index contributed by atoms with van der Waals surface area (Å²) in [6.45, 7) is 2.20. The second-order valence-corrected chi connectivity index (χ2v) is 3.55. The lowest BCUT2D eigenvalue weighted by atomic mass is 10.2. The lowest BCUT2D eigenvalue weighted by Gasteiger charge is -2.04. The van der Waals surface area contributed by atoms with E-state index >= 15 is 0 Å². The molecular formula is C8H12S. The predicted molar refractivity (Wildman–Crippen MR) is 43.5 cm³/mol. The van der Waals surface area contributed by atoms with Gasteiger partial charge in [0.25, 0.3) is 0 Å². The molecule has 1 heteroatoms. The second-order valence-electron chi connectivity index (χ2n) is 2.40. The van der Waals surface area contributed by atoms with Crippen molar-refractivity contribution in [3.05, 3.63) is 0 Å². The van der Waals surface area contributed by atoms with E-state index in [9.17, 15) is 0 Å². The summed E-state index contributed by atoms with van der Waals surface area (Å²) in [7, 11) is 0. The average Bonchev–Trinajstić information content (AvgIpc) is 1.79. The maximum absolute atomic E-state index is 3.21. The molecule has 0 amide bonds. The number of hydrogen-bond acceptors (Lipinski definition) is 1. The zero-order valence-electron chi connectivity index (χ0n) is 5.81. The van der Waals surface area contributed by atoms with Crippen LogP contribution in [-0.2, 0) is 0 Å². The van der Waals surface area contributed by atoms with E-state index in [4.69, 9.17) is 0 Å². The Labute approximate surface area is 61.4 Å². The third-order valence-corrected chi connectivity index (χ3v) is 2.62. The van der Waals surface area contributed by atoms with Crippen LogP contribution in [0, 0.1) is 17.8 Å². The minimum atomic E-state index is 0.621. The van der Waals surface area contributed by atoms with Gasteiger partial charge in [-0.05, 0) is 12.2 Å². The van der Waals surface area contributed by atoms with Crippen LogP contribution in [0.25, 0.3) is 0 Å². The fourth-order valence-electron chi connectivity index (χ4n) is 0.811. The molecule has 0 radical (unpaired) electrons. The normalized spacial score (nSPS) is 27.4. The first kappa shape index (κ1) is 7.02. The van der Waals surface area contributed by atoms with Gasteiger partial charge in [0.05, 0.1) is 0 Å². The van der Waals surface area contributed by atoms with Crippen molar-refractivity contribution in [2.75, 3.05) is 11.5 Å². The molecule has 0 saturated heterocycles. The van der Waals surface area contributed by atoms with Crippen LogP contribution >= 0.6 is 11.8 Å². The second kappa shape index (κ2) is 3.85. The van der Waals surface area contributed by atoms with Gasteiger partial charge in [0.15, 0.2) is 0 Å². The van der Waals surface area contributed by atoms with Crippen LogP contribution < -0.4 is 0 Å². The van der Waals surface area contributed by atoms with Crippen LogP contribution in [0.15, 0.2) is 0 Å². The minimum absolute atomic E-state index is 0.621. The van der Waals surface area contributed by atoms with E-state index in [1.54, 1.807) is 0 Å². The lowest BCUT2D eigenvalue weighted by molar-refractivity contribution is 0.864. The molecule has 0 N–H and O–H groups in total. The van der Waals surface area contributed by atoms with E-state index in [-0.39, 0.29) is 0 Å². The smallest absolute Gasteiger partial charge is 0.0265 e. The predicted octanol–water partition coefficient (Wildman–Crippen LogP) is 2.15. The van der Waals surface area contributed by atoms with Gasteiger partial charge in [0, 0.05) is 18.1 Å². The minimum Gasteiger partial charge on any atom is -0.161 e. The first-order chi connectivity index (χ1) is 4.39. The summed E-state index contributed by atoms with van der Waals surface area (Å²) in [6, 6.07) is 0. The molecular weight excluding hydrogens is 128 g/mol. The van der Waals surface area contributed by atoms with E-state index < -0.39 is 0 Å². The Morgan fingerprint density at radius 3 is 3.33 bits per heavy atom. The highest BCUT2D eigenvalue weighted by Crippen LogP contribution is 2.11. The average molecular weight is 140 g/mol. The zero-order valence-corrected chi connectivity index (χ0v) is 6.63. The summed E-state index contributed by atoms with van der Waals surface area (Å²) in [5.41, 5.74) is 0. The van der Waals surface area contributed by atoms with Gasteiger partial charge in [-0.25, -0.2) is 0 Å². The molecule has 0 nitrogen and oxygen atoms in total. The highest BCUT2D eigenvalue weighted by Gasteiger charge is 1.98. The van der Waals surface area contributed by atoms with Gasteiger partial charge in [-0.3, -0.25) is 0 Å². The molecule has 1 unspecified atom stereocenters. The van der Waals surface area contributed by atoms with Gasteiger partial charge in [-0.1, -0.05) is 12.8 Å². The maximum atomic E-state index is 3.21. The highest BCUT2D eigenvalue weighted by atomic mass is 32.2. The molecule has 0 aromatic heterocycles. The molecule has 0 saturated carbocycles. The van der Waals surface area contributed by atoms with Gasteiger partial charge < -0.3 is 0 Å². The molecule has 0 aliphatic carbocycles. The first-order valence-corrected chi connectivity index (χ1v) is 4.61. The van der Waals surface area contributed by atoms with Crippen LogP contribution in [-0.4, -0.2) is 11.5 Å². The van der Waals surface area contributed by atoms with Crippen LogP contribution in [0.5, 0.6) is 0 Å². The van der Waals surface area contributed by atoms with E-state index in [2.05, 4.69) is 18.8 Å². The van der Waals surface area contributed by atoms with Crippen molar-refractivity contribution in [1.82, 2.24) is 0 Å². The Morgan fingerprint density at radius 2 is 2.44 bits per heavy atom. The summed E-state index contributed by atoms with van der Waals surface area (Å²) in [5, 5.41) is 0. The Balaban J connectivity index is 2.37. The summed E-state index contributed by atoms with van der Waals surface area (Å²) in [6.07, 6.45) is 2.39. The van der Waals surface area contributed by atoms with E-state index in [1.807, 2.05) is 11.8 Å². The first-order valence-electron chi connectivity index (χ1n) is 3.46. The fraction of sp³-hybridized carbons (Fsp3) is 0.750. The van der Waals surface area contributed by atoms with Crippen molar-refractivity contribution in [1.29, 1.82) is 0 Å². The van der Waals surface area contributed by atoms with Crippen molar-refractivity contribution in [3.63, 3.8) is 0 Å². The molecule has 1 aliphatic heterocycles. The van der Waals surface area contributed by atoms with Gasteiger partial charge in [-0.15, -0.1) is 5.92 Å². The van der Waals surface area contributed by atoms with Crippen molar-refractivity contribution in [3.8, 4) is 11.8 Å². The molecule has 0 aromatic carbocycles. The van der Waals surface area contributed by atoms with Crippen molar-refractivity contribution >= 4 is 11.8 Å². The quantitative estimate of drug-likeness (QED) is 0.465. The molecule has 1 heterocycles. The van der Waals surface area contributed by atoms with Gasteiger partial charge in [-0.2, -0.15) is 11.8 Å². The molecule has 0 fully saturated rings. The largest absolute Gasteiger partial charge is 0.161 e. The van der Waals surface area contributed by atoms with Gasteiger partial charge in [0.1, 0.15) is 0 Å². The molecule has 1 atom stereocenters. The summed E-state index contributed by atoms with van der Waals surface area (Å²) < 4.78 is 0. The van der Waals surface area contributed by atoms with Crippen LogP contribution in [0.4, 0.5) is 0 Å². The SMILES string of the molecule is CC1C#CCCCSC1. The Hall–Kier alpha value is -0.0900. The molecule has 1 aliphatic rings. The lowest BCUT2D eigenvalue weighted by Crippen LogP contribution is -1.97. The van der Waals surface area contributed by atoms with Crippen LogP contribution in [0.2, 0.25) is 0 Å². The Morgan fingerprint density at radius 1 is 1.56 bits per heavy atom. The topological polar surface area (TPSA) is 0 Å². The van der Waals surface area contributed by atoms with E-state index in [1.165, 1.54) is 17.9 Å². The summed E-state index contributed by atoms with van der Waals surface area (Å²) in [5.74, 6) is 9.54. The number of rotatable bonds is 0. The van der Waals surface area contributed by atoms with Crippen molar-refractivity contribution in [2.24, 2.45) is 5.92 Å². The Bertz CT molecular complexity index is 129. The highest BCUT2D eigenvalue weighted by molar-refractivity contribution is 7.99. The van der Waals surface area contributed by atoms with Crippen LogP contribution in [0.1, 0.15) is 19.8 Å². The van der Waals surface area contributed by atoms with Crippen LogP contribution in [0.3, 0.4) is 0 Å². The summed E-state index contributed by atoms with van der Waals surface area (Å²) >= 11 is 2.03. The fourth-order valence-corrected chi connectivity index (χ4v) is 1.76. The monoisotopic (exact) mass is 140 g/mol. The Kier molecular flexibility index (Phi) is 3.00. The zero-order chi connectivity index (χ0) is 6.53. The molecule has 0 bridgehead atoms. The molecule has 1 rings (SSSR count). The maximum Gasteiger partial charge on any atom is 0.0265 e.